The molecule has 0 fully saturated rings. The van der Waals surface area contributed by atoms with E-state index in [0.717, 1.165) is 11.1 Å². The third kappa shape index (κ3) is 4.98. The molecule has 0 unspecified atom stereocenters. The van der Waals surface area contributed by atoms with Crippen molar-refractivity contribution in [3.63, 3.8) is 0 Å². The van der Waals surface area contributed by atoms with E-state index in [4.69, 9.17) is 4.74 Å². The fraction of sp³-hybridized carbons (Fsp3) is 0.0952. The van der Waals surface area contributed by atoms with Crippen molar-refractivity contribution in [1.29, 1.82) is 0 Å². The van der Waals surface area contributed by atoms with E-state index in [-0.39, 0.29) is 22.5 Å². The third-order valence-corrected chi connectivity index (χ3v) is 6.46. The highest BCUT2D eigenvalue weighted by molar-refractivity contribution is 7.93. The molecule has 2 heterocycles. The van der Waals surface area contributed by atoms with Gasteiger partial charge in [0.2, 0.25) is 0 Å². The minimum atomic E-state index is -3.75. The van der Waals surface area contributed by atoms with Gasteiger partial charge in [-0.15, -0.1) is 11.3 Å². The first-order valence-corrected chi connectivity index (χ1v) is 11.6. The summed E-state index contributed by atoms with van der Waals surface area (Å²) in [6.07, 6.45) is 1.51. The molecule has 2 N–H and O–H groups in total. The van der Waals surface area contributed by atoms with Gasteiger partial charge in [0.25, 0.3) is 15.9 Å². The van der Waals surface area contributed by atoms with Gasteiger partial charge in [0.05, 0.1) is 4.90 Å². The molecule has 2 aromatic carbocycles. The van der Waals surface area contributed by atoms with Crippen LogP contribution in [0.15, 0.2) is 71.1 Å². The van der Waals surface area contributed by atoms with Gasteiger partial charge in [-0.05, 0) is 43.3 Å². The van der Waals surface area contributed by atoms with E-state index in [1.165, 1.54) is 41.8 Å². The Labute approximate surface area is 183 Å². The van der Waals surface area contributed by atoms with Crippen LogP contribution in [0.1, 0.15) is 5.69 Å². The second-order valence-corrected chi connectivity index (χ2v) is 9.16. The number of rotatable bonds is 7. The highest BCUT2D eigenvalue weighted by Crippen LogP contribution is 2.24. The normalized spacial score (nSPS) is 11.3. The van der Waals surface area contributed by atoms with Crippen LogP contribution in [0, 0.1) is 6.92 Å². The van der Waals surface area contributed by atoms with E-state index >= 15 is 0 Å². The van der Waals surface area contributed by atoms with Gasteiger partial charge in [-0.1, -0.05) is 18.2 Å². The molecule has 8 nitrogen and oxygen atoms in total. The molecule has 0 aliphatic heterocycles. The number of nitrogens with zero attached hydrogens (tertiary/aromatic N) is 2. The number of amides is 1. The van der Waals surface area contributed by atoms with Gasteiger partial charge in [0, 0.05) is 28.3 Å². The van der Waals surface area contributed by atoms with Gasteiger partial charge in [-0.2, -0.15) is 0 Å². The molecule has 4 rings (SSSR count). The van der Waals surface area contributed by atoms with Crippen LogP contribution in [0.4, 0.5) is 10.8 Å². The van der Waals surface area contributed by atoms with Crippen molar-refractivity contribution in [2.24, 2.45) is 0 Å². The van der Waals surface area contributed by atoms with Crippen LogP contribution in [0.3, 0.4) is 0 Å². The van der Waals surface area contributed by atoms with Crippen LogP contribution in [-0.2, 0) is 14.8 Å². The first-order chi connectivity index (χ1) is 14.9. The second-order valence-electron chi connectivity index (χ2n) is 6.58. The standard InChI is InChI=1S/C21H18N4O4S2/c1-14-5-6-15-3-2-4-18(20(15)23-14)29-13-19(26)24-16-7-9-17(10-8-16)31(27,28)25-21-22-11-12-30-21/h2-12H,13H2,1H3,(H,22,25)(H,24,26). The summed E-state index contributed by atoms with van der Waals surface area (Å²) in [7, 11) is -3.75. The van der Waals surface area contributed by atoms with Gasteiger partial charge in [0.1, 0.15) is 11.3 Å². The van der Waals surface area contributed by atoms with Crippen molar-refractivity contribution >= 4 is 49.0 Å². The second kappa shape index (κ2) is 8.70. The zero-order chi connectivity index (χ0) is 21.8. The zero-order valence-corrected chi connectivity index (χ0v) is 18.0. The highest BCUT2D eigenvalue weighted by atomic mass is 32.2. The van der Waals surface area contributed by atoms with Gasteiger partial charge in [-0.25, -0.2) is 18.4 Å². The number of aromatic nitrogens is 2. The molecule has 0 spiro atoms. The number of para-hydroxylation sites is 1. The molecular weight excluding hydrogens is 436 g/mol. The Morgan fingerprint density at radius 2 is 1.90 bits per heavy atom. The molecule has 31 heavy (non-hydrogen) atoms. The summed E-state index contributed by atoms with van der Waals surface area (Å²) in [4.78, 5) is 20.7. The number of benzene rings is 2. The number of aryl methyl sites for hydroxylation is 1. The first kappa shape index (κ1) is 20.8. The third-order valence-electron chi connectivity index (χ3n) is 4.28. The number of thiazole rings is 1. The molecule has 0 aliphatic rings. The Bertz CT molecular complexity index is 1320. The average molecular weight is 455 g/mol. The Morgan fingerprint density at radius 3 is 2.65 bits per heavy atom. The largest absolute Gasteiger partial charge is 0.481 e. The lowest BCUT2D eigenvalue weighted by Gasteiger charge is -2.10. The van der Waals surface area contributed by atoms with Crippen LogP contribution in [-0.4, -0.2) is 30.9 Å². The Kier molecular flexibility index (Phi) is 5.83. The zero-order valence-electron chi connectivity index (χ0n) is 16.4. The molecular formula is C21H18N4O4S2. The number of carbonyl (C=O) groups excluding carboxylic acids is 1. The summed E-state index contributed by atoms with van der Waals surface area (Å²) < 4.78 is 32.8. The fourth-order valence-electron chi connectivity index (χ4n) is 2.84. The number of fused-ring (bicyclic) bond motifs is 1. The van der Waals surface area contributed by atoms with Crippen molar-refractivity contribution < 1.29 is 17.9 Å². The number of carbonyl (C=O) groups is 1. The fourth-order valence-corrected chi connectivity index (χ4v) is 4.63. The Morgan fingerprint density at radius 1 is 1.10 bits per heavy atom. The summed E-state index contributed by atoms with van der Waals surface area (Å²) in [5.74, 6) is 0.146. The van der Waals surface area contributed by atoms with Crippen LogP contribution in [0.25, 0.3) is 10.9 Å². The molecule has 0 radical (unpaired) electrons. The van der Waals surface area contributed by atoms with Gasteiger partial charge >= 0.3 is 0 Å². The van der Waals surface area contributed by atoms with Gasteiger partial charge < -0.3 is 10.1 Å². The lowest BCUT2D eigenvalue weighted by molar-refractivity contribution is -0.118. The maximum absolute atomic E-state index is 12.4. The van der Waals surface area contributed by atoms with E-state index in [0.29, 0.717) is 17.0 Å². The number of hydrogen-bond acceptors (Lipinski definition) is 7. The molecule has 0 atom stereocenters. The van der Waals surface area contributed by atoms with Crippen molar-refractivity contribution in [3.05, 3.63) is 71.9 Å². The van der Waals surface area contributed by atoms with Crippen molar-refractivity contribution in [1.82, 2.24) is 9.97 Å². The van der Waals surface area contributed by atoms with E-state index in [9.17, 15) is 13.2 Å². The quantitative estimate of drug-likeness (QED) is 0.439. The average Bonchev–Trinajstić information content (AvgIpc) is 3.25. The number of anilines is 2. The molecule has 0 bridgehead atoms. The predicted octanol–water partition coefficient (Wildman–Crippen LogP) is 3.82. The lowest BCUT2D eigenvalue weighted by atomic mass is 10.2. The molecule has 0 saturated carbocycles. The number of sulfonamides is 1. The molecule has 0 saturated heterocycles. The minimum Gasteiger partial charge on any atom is -0.481 e. The van der Waals surface area contributed by atoms with Crippen LogP contribution in [0.5, 0.6) is 5.75 Å². The summed E-state index contributed by atoms with van der Waals surface area (Å²) in [6, 6.07) is 15.2. The van der Waals surface area contributed by atoms with Crippen molar-refractivity contribution in [2.45, 2.75) is 11.8 Å². The molecule has 10 heteroatoms. The SMILES string of the molecule is Cc1ccc2cccc(OCC(=O)Nc3ccc(S(=O)(=O)Nc4nccs4)cc3)c2n1. The van der Waals surface area contributed by atoms with E-state index in [1.54, 1.807) is 11.4 Å². The Balaban J connectivity index is 1.39. The van der Waals surface area contributed by atoms with E-state index < -0.39 is 10.0 Å². The summed E-state index contributed by atoms with van der Waals surface area (Å²) in [6.45, 7) is 1.68. The smallest absolute Gasteiger partial charge is 0.263 e. The Hall–Kier alpha value is -3.50. The first-order valence-electron chi connectivity index (χ1n) is 9.22. The summed E-state index contributed by atoms with van der Waals surface area (Å²) in [5, 5.41) is 5.57. The highest BCUT2D eigenvalue weighted by Gasteiger charge is 2.15. The molecule has 1 amide bonds. The van der Waals surface area contributed by atoms with E-state index in [1.807, 2.05) is 31.2 Å². The maximum Gasteiger partial charge on any atom is 0.263 e. The topological polar surface area (TPSA) is 110 Å². The summed E-state index contributed by atoms with van der Waals surface area (Å²) >= 11 is 1.18. The molecule has 0 aliphatic carbocycles. The van der Waals surface area contributed by atoms with Crippen molar-refractivity contribution in [3.8, 4) is 5.75 Å². The number of ether oxygens (including phenoxy) is 1. The monoisotopic (exact) mass is 454 g/mol. The van der Waals surface area contributed by atoms with Gasteiger partial charge in [0.15, 0.2) is 11.7 Å². The van der Waals surface area contributed by atoms with E-state index in [2.05, 4.69) is 20.0 Å². The van der Waals surface area contributed by atoms with Gasteiger partial charge in [-0.3, -0.25) is 9.52 Å². The predicted molar refractivity (Wildman–Crippen MR) is 120 cm³/mol. The maximum atomic E-state index is 12.4. The molecule has 158 valence electrons. The number of pyridine rings is 1. The minimum absolute atomic E-state index is 0.0640. The lowest BCUT2D eigenvalue weighted by Crippen LogP contribution is -2.20. The molecule has 2 aromatic heterocycles. The van der Waals surface area contributed by atoms with Crippen LogP contribution >= 0.6 is 11.3 Å². The van der Waals surface area contributed by atoms with Crippen LogP contribution in [0.2, 0.25) is 0 Å². The van der Waals surface area contributed by atoms with Crippen LogP contribution < -0.4 is 14.8 Å². The van der Waals surface area contributed by atoms with Crippen molar-refractivity contribution in [2.75, 3.05) is 16.6 Å². The number of hydrogen-bond donors (Lipinski definition) is 2. The number of nitrogens with one attached hydrogen (secondary N) is 2. The summed E-state index contributed by atoms with van der Waals surface area (Å²) in [5.41, 5.74) is 2.00. The molecule has 4 aromatic rings.